The largest absolute Gasteiger partial charge is 0.379 e. The van der Waals surface area contributed by atoms with E-state index in [-0.39, 0.29) is 11.9 Å². The molecule has 5 aliphatic heterocycles. The third kappa shape index (κ3) is 11.6. The Kier molecular flexibility index (Phi) is 14.1. The SMILES string of the molecule is C/N=C/CCOCC1CN2CCN1Cc1cccc(c1)N(COCC[Si](C)(C)C)c1nccc(n1)-c1ccc(nc1)N(C)CCCN(C)C(=O)C2. The van der Waals surface area contributed by atoms with E-state index in [0.717, 1.165) is 74.4 Å². The second kappa shape index (κ2) is 18.7. The van der Waals surface area contributed by atoms with Crippen LogP contribution in [0.5, 0.6) is 0 Å². The van der Waals surface area contributed by atoms with Gasteiger partial charge >= 0.3 is 0 Å². The molecular weight excluding hydrogens is 659 g/mol. The van der Waals surface area contributed by atoms with Gasteiger partial charge in [-0.25, -0.2) is 15.0 Å². The molecule has 1 amide bonds. The van der Waals surface area contributed by atoms with Crippen LogP contribution in [-0.4, -0.2) is 143 Å². The first-order valence-electron chi connectivity index (χ1n) is 18.2. The minimum atomic E-state index is -1.26. The van der Waals surface area contributed by atoms with Gasteiger partial charge in [-0.05, 0) is 48.4 Å². The highest BCUT2D eigenvalue weighted by Crippen LogP contribution is 2.27. The summed E-state index contributed by atoms with van der Waals surface area (Å²) in [6, 6.07) is 15.8. The van der Waals surface area contributed by atoms with E-state index in [1.54, 1.807) is 7.05 Å². The minimum absolute atomic E-state index is 0.146. The summed E-state index contributed by atoms with van der Waals surface area (Å²) in [5.41, 5.74) is 3.88. The average molecular weight is 716 g/mol. The number of hydrogen-bond donors (Lipinski definition) is 0. The van der Waals surface area contributed by atoms with Crippen molar-refractivity contribution in [2.45, 2.75) is 51.1 Å². The van der Waals surface area contributed by atoms with E-state index in [1.165, 1.54) is 5.56 Å². The van der Waals surface area contributed by atoms with E-state index < -0.39 is 8.07 Å². The van der Waals surface area contributed by atoms with Crippen LogP contribution < -0.4 is 9.80 Å². The number of likely N-dealkylation sites (N-methyl/N-ethyl adjacent to an activating group) is 1. The molecule has 2 aromatic heterocycles. The molecule has 0 radical (unpaired) electrons. The van der Waals surface area contributed by atoms with Crippen molar-refractivity contribution in [2.24, 2.45) is 4.99 Å². The van der Waals surface area contributed by atoms with Crippen molar-refractivity contribution in [1.82, 2.24) is 29.7 Å². The van der Waals surface area contributed by atoms with Crippen molar-refractivity contribution >= 4 is 37.6 Å². The van der Waals surface area contributed by atoms with Crippen LogP contribution in [0.1, 0.15) is 18.4 Å². The molecule has 51 heavy (non-hydrogen) atoms. The maximum atomic E-state index is 13.3. The summed E-state index contributed by atoms with van der Waals surface area (Å²) < 4.78 is 12.5. The van der Waals surface area contributed by atoms with Gasteiger partial charge in [0.25, 0.3) is 0 Å². The molecule has 5 aliphatic rings. The molecule has 1 aromatic carbocycles. The number of amides is 1. The summed E-state index contributed by atoms with van der Waals surface area (Å²) in [6.45, 7) is 14.4. The van der Waals surface area contributed by atoms with Crippen LogP contribution in [0.15, 0.2) is 59.9 Å². The summed E-state index contributed by atoms with van der Waals surface area (Å²) in [4.78, 5) is 42.8. The molecule has 7 heterocycles. The van der Waals surface area contributed by atoms with Crippen LogP contribution in [-0.2, 0) is 20.8 Å². The average Bonchev–Trinajstić information content (AvgIpc) is 3.12. The molecular formula is C38H57N9O3Si. The number of benzene rings is 1. The zero-order valence-corrected chi connectivity index (χ0v) is 32.5. The van der Waals surface area contributed by atoms with E-state index in [2.05, 4.69) is 74.6 Å². The topological polar surface area (TPSA) is 103 Å². The molecule has 3 aromatic rings. The van der Waals surface area contributed by atoms with Crippen molar-refractivity contribution in [3.63, 3.8) is 0 Å². The maximum Gasteiger partial charge on any atom is 0.236 e. The Hall–Kier alpha value is -3.75. The number of anilines is 3. The van der Waals surface area contributed by atoms with E-state index in [9.17, 15) is 4.79 Å². The second-order valence-electron chi connectivity index (χ2n) is 14.8. The van der Waals surface area contributed by atoms with Crippen LogP contribution in [0.25, 0.3) is 11.3 Å². The first kappa shape index (κ1) is 38.5. The number of nitrogens with zero attached hydrogens (tertiary/aromatic N) is 9. The Morgan fingerprint density at radius 1 is 0.961 bits per heavy atom. The fourth-order valence-electron chi connectivity index (χ4n) is 6.29. The summed E-state index contributed by atoms with van der Waals surface area (Å²) in [5, 5.41) is 0. The molecule has 13 heteroatoms. The third-order valence-electron chi connectivity index (χ3n) is 9.49. The molecule has 1 saturated heterocycles. The number of hydrogen-bond acceptors (Lipinski definition) is 11. The van der Waals surface area contributed by atoms with Crippen LogP contribution in [0, 0.1) is 0 Å². The van der Waals surface area contributed by atoms with Gasteiger partial charge in [-0.2, -0.15) is 0 Å². The molecule has 12 nitrogen and oxygen atoms in total. The predicted molar refractivity (Wildman–Crippen MR) is 209 cm³/mol. The Morgan fingerprint density at radius 2 is 1.80 bits per heavy atom. The molecule has 3 atom stereocenters. The van der Waals surface area contributed by atoms with Crippen LogP contribution in [0.3, 0.4) is 0 Å². The molecule has 1 fully saturated rings. The number of carbonyl (C=O) groups is 1. The lowest BCUT2D eigenvalue weighted by atomic mass is 10.1. The summed E-state index contributed by atoms with van der Waals surface area (Å²) in [7, 11) is 4.47. The Balaban J connectivity index is 1.46. The maximum absolute atomic E-state index is 13.3. The zero-order valence-electron chi connectivity index (χ0n) is 31.5. The molecule has 0 saturated carbocycles. The van der Waals surface area contributed by atoms with E-state index in [0.29, 0.717) is 45.6 Å². The van der Waals surface area contributed by atoms with Crippen molar-refractivity contribution in [3.05, 3.63) is 60.4 Å². The standard InChI is InChI=1S/C38H57N9O3Si/c1-39-15-8-21-49-29-34-27-45-19-20-46(34)26-31-10-7-11-33(24-31)47(30-50-22-23-51(4,5)6)38-40-16-14-35(42-38)32-12-13-36(41-25-32)43(2)17-9-18-44(3)37(48)28-45/h7,10-16,24-25,34H,8-9,17-23,26-30H2,1-6H3/b39-15+. The lowest BCUT2D eigenvalue weighted by molar-refractivity contribution is -0.132. The normalized spacial score (nSPS) is 20.8. The van der Waals surface area contributed by atoms with Gasteiger partial charge in [0, 0.05) is 117 Å². The Morgan fingerprint density at radius 3 is 2.59 bits per heavy atom. The molecule has 8 bridgehead atoms. The summed E-state index contributed by atoms with van der Waals surface area (Å²) in [5.74, 6) is 1.61. The monoisotopic (exact) mass is 715 g/mol. The van der Waals surface area contributed by atoms with Gasteiger partial charge < -0.3 is 24.3 Å². The number of pyridine rings is 1. The van der Waals surface area contributed by atoms with E-state index >= 15 is 0 Å². The molecule has 276 valence electrons. The van der Waals surface area contributed by atoms with Gasteiger partial charge in [0.05, 0.1) is 25.5 Å². The van der Waals surface area contributed by atoms with Gasteiger partial charge in [-0.15, -0.1) is 0 Å². The van der Waals surface area contributed by atoms with Gasteiger partial charge in [-0.1, -0.05) is 31.8 Å². The minimum Gasteiger partial charge on any atom is -0.379 e. The summed E-state index contributed by atoms with van der Waals surface area (Å²) in [6.07, 6.45) is 7.20. The highest BCUT2D eigenvalue weighted by atomic mass is 28.3. The third-order valence-corrected chi connectivity index (χ3v) is 11.2. The van der Waals surface area contributed by atoms with Crippen molar-refractivity contribution in [1.29, 1.82) is 0 Å². The number of carbonyl (C=O) groups excluding carboxylic acids is 1. The predicted octanol–water partition coefficient (Wildman–Crippen LogP) is 4.88. The fraction of sp³-hybridized carbons (Fsp3) is 0.553. The molecule has 3 unspecified atom stereocenters. The lowest BCUT2D eigenvalue weighted by Crippen LogP contribution is -2.56. The molecule has 0 N–H and O–H groups in total. The van der Waals surface area contributed by atoms with Crippen LogP contribution in [0.2, 0.25) is 25.7 Å². The van der Waals surface area contributed by atoms with Crippen molar-refractivity contribution in [2.75, 3.05) is 96.8 Å². The molecule has 0 spiro atoms. The second-order valence-corrected chi connectivity index (χ2v) is 20.5. The van der Waals surface area contributed by atoms with Crippen molar-refractivity contribution in [3.8, 4) is 11.3 Å². The molecule has 0 aliphatic carbocycles. The number of aliphatic imine (C=N–C) groups is 1. The van der Waals surface area contributed by atoms with Crippen LogP contribution in [0.4, 0.5) is 17.5 Å². The molecule has 8 rings (SSSR count). The van der Waals surface area contributed by atoms with E-state index in [1.807, 2.05) is 49.7 Å². The smallest absolute Gasteiger partial charge is 0.236 e. The highest BCUT2D eigenvalue weighted by molar-refractivity contribution is 6.76. The van der Waals surface area contributed by atoms with Crippen molar-refractivity contribution < 1.29 is 14.3 Å². The highest BCUT2D eigenvalue weighted by Gasteiger charge is 2.29. The lowest BCUT2D eigenvalue weighted by Gasteiger charge is -2.41. The van der Waals surface area contributed by atoms with Gasteiger partial charge in [0.1, 0.15) is 12.5 Å². The summed E-state index contributed by atoms with van der Waals surface area (Å²) >= 11 is 0. The van der Waals surface area contributed by atoms with Crippen LogP contribution >= 0.6 is 0 Å². The number of ether oxygens (including phenoxy) is 2. The number of rotatable bonds is 10. The Bertz CT molecular complexity index is 1570. The first-order chi connectivity index (χ1) is 24.6. The van der Waals surface area contributed by atoms with Gasteiger partial charge in [0.2, 0.25) is 11.9 Å². The van der Waals surface area contributed by atoms with Gasteiger partial charge in [-0.3, -0.25) is 19.5 Å². The van der Waals surface area contributed by atoms with E-state index in [4.69, 9.17) is 24.4 Å². The zero-order chi connectivity index (χ0) is 36.2. The Labute approximate surface area is 305 Å². The first-order valence-corrected chi connectivity index (χ1v) is 21.9. The quantitative estimate of drug-likeness (QED) is 0.164. The number of aromatic nitrogens is 3. The van der Waals surface area contributed by atoms with Gasteiger partial charge in [0.15, 0.2) is 0 Å². The fourth-order valence-corrected chi connectivity index (χ4v) is 7.05. The number of piperazine rings is 1.